The highest BCUT2D eigenvalue weighted by atomic mass is 16.6. The molecule has 0 fully saturated rings. The van der Waals surface area contributed by atoms with Gasteiger partial charge >= 0.3 is 17.9 Å². The van der Waals surface area contributed by atoms with Gasteiger partial charge in [0, 0.05) is 19.3 Å². The lowest BCUT2D eigenvalue weighted by atomic mass is 10.0. The molecule has 0 saturated carbocycles. The molecule has 0 radical (unpaired) electrons. The van der Waals surface area contributed by atoms with Crippen molar-refractivity contribution in [3.8, 4) is 0 Å². The average molecular weight is 859 g/mol. The highest BCUT2D eigenvalue weighted by molar-refractivity contribution is 5.71. The number of hydrogen-bond donors (Lipinski definition) is 0. The zero-order valence-electron chi connectivity index (χ0n) is 40.9. The number of carbonyl (C=O) groups excluding carboxylic acids is 3. The molecule has 0 aliphatic carbocycles. The van der Waals surface area contributed by atoms with Crippen molar-refractivity contribution in [1.82, 2.24) is 0 Å². The molecule has 0 aliphatic heterocycles. The predicted molar refractivity (Wildman–Crippen MR) is 261 cm³/mol. The van der Waals surface area contributed by atoms with Crippen LogP contribution >= 0.6 is 0 Å². The lowest BCUT2D eigenvalue weighted by Gasteiger charge is -2.18. The molecule has 0 aromatic heterocycles. The van der Waals surface area contributed by atoms with Crippen LogP contribution in [0.2, 0.25) is 0 Å². The molecule has 1 atom stereocenters. The first kappa shape index (κ1) is 58.9. The fraction of sp³-hybridized carbons (Fsp3) is 0.873. The lowest BCUT2D eigenvalue weighted by Crippen LogP contribution is -2.30. The summed E-state index contributed by atoms with van der Waals surface area (Å²) in [5, 5.41) is 0. The van der Waals surface area contributed by atoms with Crippen LogP contribution in [0, 0.1) is 0 Å². The summed E-state index contributed by atoms with van der Waals surface area (Å²) in [5.74, 6) is -0.856. The summed E-state index contributed by atoms with van der Waals surface area (Å²) in [6.45, 7) is 6.63. The largest absolute Gasteiger partial charge is 0.462 e. The summed E-state index contributed by atoms with van der Waals surface area (Å²) in [7, 11) is 0. The topological polar surface area (TPSA) is 78.9 Å². The first-order valence-electron chi connectivity index (χ1n) is 26.9. The molecule has 0 aromatic rings. The molecular formula is C55H102O6. The summed E-state index contributed by atoms with van der Waals surface area (Å²) in [4.78, 5) is 37.9. The van der Waals surface area contributed by atoms with Crippen molar-refractivity contribution >= 4 is 17.9 Å². The van der Waals surface area contributed by atoms with E-state index in [2.05, 4.69) is 45.1 Å². The molecule has 0 heterocycles. The van der Waals surface area contributed by atoms with E-state index in [0.29, 0.717) is 19.3 Å². The second-order valence-electron chi connectivity index (χ2n) is 18.2. The first-order chi connectivity index (χ1) is 30.0. The minimum atomic E-state index is -0.765. The van der Waals surface area contributed by atoms with Crippen LogP contribution in [0.25, 0.3) is 0 Å². The Bertz CT molecular complexity index is 989. The molecule has 0 N–H and O–H groups in total. The Morgan fingerprint density at radius 2 is 0.574 bits per heavy atom. The van der Waals surface area contributed by atoms with Crippen molar-refractivity contribution in [1.29, 1.82) is 0 Å². The number of hydrogen-bond acceptors (Lipinski definition) is 6. The molecule has 61 heavy (non-hydrogen) atoms. The van der Waals surface area contributed by atoms with Crippen LogP contribution in [0.4, 0.5) is 0 Å². The smallest absolute Gasteiger partial charge is 0.306 e. The quantitative estimate of drug-likeness (QED) is 0.0262. The van der Waals surface area contributed by atoms with Gasteiger partial charge in [0.1, 0.15) is 13.2 Å². The monoisotopic (exact) mass is 859 g/mol. The third-order valence-electron chi connectivity index (χ3n) is 12.0. The van der Waals surface area contributed by atoms with E-state index in [-0.39, 0.29) is 31.1 Å². The van der Waals surface area contributed by atoms with Crippen LogP contribution < -0.4 is 0 Å². The standard InChI is InChI=1S/C55H102O6/c1-4-7-10-13-16-19-22-24-26-27-28-29-30-32-33-36-39-42-45-48-54(57)60-51-52(50-59-53(56)47-44-41-38-35-21-18-15-12-9-6-3)61-55(58)49-46-43-40-37-34-31-25-23-20-17-14-11-8-5-2/h16,19,22,24,52H,4-15,17-18,20-21,23,25-51H2,1-3H3/b19-16-,24-22-. The molecule has 6 nitrogen and oxygen atoms in total. The van der Waals surface area contributed by atoms with Crippen molar-refractivity contribution < 1.29 is 28.6 Å². The van der Waals surface area contributed by atoms with Crippen LogP contribution in [0.15, 0.2) is 24.3 Å². The molecule has 1 unspecified atom stereocenters. The number of allylic oxidation sites excluding steroid dienone is 4. The molecule has 0 spiro atoms. The fourth-order valence-corrected chi connectivity index (χ4v) is 7.91. The maximum Gasteiger partial charge on any atom is 0.306 e. The highest BCUT2D eigenvalue weighted by Crippen LogP contribution is 2.16. The SMILES string of the molecule is CCCCC/C=C\C=C/CCCCCCCCCCCCC(=O)OCC(COC(=O)CCCCCCCCCCCC)OC(=O)CCCCCCCCCCCCCCCC. The van der Waals surface area contributed by atoms with Gasteiger partial charge < -0.3 is 14.2 Å². The van der Waals surface area contributed by atoms with Gasteiger partial charge in [-0.05, 0) is 44.9 Å². The van der Waals surface area contributed by atoms with Crippen LogP contribution in [0.3, 0.4) is 0 Å². The average Bonchev–Trinajstić information content (AvgIpc) is 3.26. The Kier molecular flexibility index (Phi) is 48.8. The van der Waals surface area contributed by atoms with Gasteiger partial charge in [0.25, 0.3) is 0 Å². The van der Waals surface area contributed by atoms with E-state index < -0.39 is 6.10 Å². The Morgan fingerprint density at radius 1 is 0.328 bits per heavy atom. The second kappa shape index (κ2) is 50.5. The predicted octanol–water partition coefficient (Wildman–Crippen LogP) is 17.5. The highest BCUT2D eigenvalue weighted by Gasteiger charge is 2.19. The van der Waals surface area contributed by atoms with Crippen molar-refractivity contribution in [3.63, 3.8) is 0 Å². The third-order valence-corrected chi connectivity index (χ3v) is 12.0. The maximum absolute atomic E-state index is 12.8. The molecule has 0 rings (SSSR count). The van der Waals surface area contributed by atoms with Crippen LogP contribution in [-0.2, 0) is 28.6 Å². The van der Waals surface area contributed by atoms with Gasteiger partial charge in [-0.25, -0.2) is 0 Å². The molecular weight excluding hydrogens is 757 g/mol. The molecule has 0 saturated heterocycles. The first-order valence-corrected chi connectivity index (χ1v) is 26.9. The Balaban J connectivity index is 4.27. The van der Waals surface area contributed by atoms with Crippen LogP contribution in [-0.4, -0.2) is 37.2 Å². The van der Waals surface area contributed by atoms with E-state index in [1.54, 1.807) is 0 Å². The van der Waals surface area contributed by atoms with E-state index in [0.717, 1.165) is 57.8 Å². The number of unbranched alkanes of at least 4 members (excludes halogenated alkanes) is 35. The number of carbonyl (C=O) groups is 3. The fourth-order valence-electron chi connectivity index (χ4n) is 7.91. The number of rotatable bonds is 49. The van der Waals surface area contributed by atoms with Gasteiger partial charge in [0.2, 0.25) is 0 Å². The zero-order chi connectivity index (χ0) is 44.4. The summed E-state index contributed by atoms with van der Waals surface area (Å²) < 4.78 is 16.8. The van der Waals surface area contributed by atoms with E-state index >= 15 is 0 Å². The Hall–Kier alpha value is -2.11. The molecule has 0 amide bonds. The molecule has 0 aliphatic rings. The van der Waals surface area contributed by atoms with Gasteiger partial charge in [0.05, 0.1) is 0 Å². The molecule has 358 valence electrons. The molecule has 0 bridgehead atoms. The Morgan fingerprint density at radius 3 is 0.902 bits per heavy atom. The molecule has 6 heteroatoms. The van der Waals surface area contributed by atoms with Crippen molar-refractivity contribution in [2.45, 2.75) is 297 Å². The van der Waals surface area contributed by atoms with Crippen LogP contribution in [0.5, 0.6) is 0 Å². The van der Waals surface area contributed by atoms with Gasteiger partial charge in [-0.1, -0.05) is 251 Å². The third kappa shape index (κ3) is 48.8. The minimum absolute atomic E-state index is 0.0672. The summed E-state index contributed by atoms with van der Waals surface area (Å²) in [6, 6.07) is 0. The maximum atomic E-state index is 12.8. The minimum Gasteiger partial charge on any atom is -0.462 e. The van der Waals surface area contributed by atoms with Gasteiger partial charge in [-0.3, -0.25) is 14.4 Å². The van der Waals surface area contributed by atoms with Gasteiger partial charge in [0.15, 0.2) is 6.10 Å². The van der Waals surface area contributed by atoms with Crippen LogP contribution in [0.1, 0.15) is 290 Å². The van der Waals surface area contributed by atoms with E-state index in [1.165, 1.54) is 193 Å². The zero-order valence-corrected chi connectivity index (χ0v) is 40.9. The van der Waals surface area contributed by atoms with E-state index in [9.17, 15) is 14.4 Å². The number of ether oxygens (including phenoxy) is 3. The van der Waals surface area contributed by atoms with Crippen molar-refractivity contribution in [2.24, 2.45) is 0 Å². The summed E-state index contributed by atoms with van der Waals surface area (Å²) >= 11 is 0. The summed E-state index contributed by atoms with van der Waals surface area (Å²) in [5.41, 5.74) is 0. The summed E-state index contributed by atoms with van der Waals surface area (Å²) in [6.07, 6.45) is 57.3. The number of esters is 3. The lowest BCUT2D eigenvalue weighted by molar-refractivity contribution is -0.167. The normalized spacial score (nSPS) is 12.1. The Labute approximate surface area is 379 Å². The van der Waals surface area contributed by atoms with Gasteiger partial charge in [-0.15, -0.1) is 0 Å². The van der Waals surface area contributed by atoms with Crippen molar-refractivity contribution in [2.75, 3.05) is 13.2 Å². The van der Waals surface area contributed by atoms with Crippen molar-refractivity contribution in [3.05, 3.63) is 24.3 Å². The van der Waals surface area contributed by atoms with Gasteiger partial charge in [-0.2, -0.15) is 0 Å². The molecule has 0 aromatic carbocycles. The van der Waals surface area contributed by atoms with E-state index in [4.69, 9.17) is 14.2 Å². The second-order valence-corrected chi connectivity index (χ2v) is 18.2. The van der Waals surface area contributed by atoms with E-state index in [1.807, 2.05) is 0 Å².